The highest BCUT2D eigenvalue weighted by atomic mass is 32.2. The van der Waals surface area contributed by atoms with Crippen LogP contribution in [0.5, 0.6) is 5.75 Å². The largest absolute Gasteiger partial charge is 0.496 e. The molecule has 1 aromatic carbocycles. The second-order valence-corrected chi connectivity index (χ2v) is 6.74. The molecule has 0 atom stereocenters. The van der Waals surface area contributed by atoms with Crippen molar-refractivity contribution < 1.29 is 17.9 Å². The monoisotopic (exact) mass is 326 g/mol. The standard InChI is InChI=1S/C15H22N2O4S/c1-4-11-17(22(3,19)20)12-15(18)16-10-9-13-7-5-6-8-14(13)21-2/h4-8H,1,9-12H2,2-3H3,(H,16,18). The zero-order chi connectivity index (χ0) is 16.6. The molecule has 0 unspecified atom stereocenters. The van der Waals surface area contributed by atoms with E-state index in [1.165, 1.54) is 6.08 Å². The molecule has 1 rings (SSSR count). The number of para-hydroxylation sites is 1. The fraction of sp³-hybridized carbons (Fsp3) is 0.400. The van der Waals surface area contributed by atoms with Gasteiger partial charge in [0.15, 0.2) is 0 Å². The third kappa shape index (κ3) is 5.87. The number of carbonyl (C=O) groups excluding carboxylic acids is 1. The fourth-order valence-corrected chi connectivity index (χ4v) is 2.65. The maximum absolute atomic E-state index is 11.8. The van der Waals surface area contributed by atoms with Crippen molar-refractivity contribution in [2.75, 3.05) is 33.0 Å². The molecule has 0 aliphatic rings. The molecule has 0 spiro atoms. The smallest absolute Gasteiger partial charge is 0.235 e. The van der Waals surface area contributed by atoms with E-state index in [9.17, 15) is 13.2 Å². The number of amides is 1. The number of hydrogen-bond donors (Lipinski definition) is 1. The van der Waals surface area contributed by atoms with E-state index in [4.69, 9.17) is 4.74 Å². The molecular formula is C15H22N2O4S. The number of hydrogen-bond acceptors (Lipinski definition) is 4. The van der Waals surface area contributed by atoms with Gasteiger partial charge in [-0.15, -0.1) is 6.58 Å². The first-order chi connectivity index (χ1) is 10.4. The molecule has 0 heterocycles. The lowest BCUT2D eigenvalue weighted by atomic mass is 10.1. The second kappa shape index (κ2) is 8.55. The zero-order valence-electron chi connectivity index (χ0n) is 12.9. The van der Waals surface area contributed by atoms with Crippen molar-refractivity contribution >= 4 is 15.9 Å². The molecule has 1 aromatic rings. The molecule has 122 valence electrons. The molecule has 6 nitrogen and oxygen atoms in total. The molecular weight excluding hydrogens is 304 g/mol. The molecule has 1 amide bonds. The van der Waals surface area contributed by atoms with Crippen molar-refractivity contribution in [1.29, 1.82) is 0 Å². The predicted molar refractivity (Wildman–Crippen MR) is 86.3 cm³/mol. The minimum absolute atomic E-state index is 0.110. The zero-order valence-corrected chi connectivity index (χ0v) is 13.7. The summed E-state index contributed by atoms with van der Waals surface area (Å²) < 4.78 is 29.3. The maximum atomic E-state index is 11.8. The van der Waals surface area contributed by atoms with Crippen LogP contribution in [0.3, 0.4) is 0 Å². The molecule has 22 heavy (non-hydrogen) atoms. The Bertz CT molecular complexity index is 614. The summed E-state index contributed by atoms with van der Waals surface area (Å²) in [7, 11) is -1.83. The van der Waals surface area contributed by atoms with Crippen LogP contribution in [0.4, 0.5) is 0 Å². The van der Waals surface area contributed by atoms with Crippen LogP contribution in [0.2, 0.25) is 0 Å². The number of nitrogens with zero attached hydrogens (tertiary/aromatic N) is 1. The highest BCUT2D eigenvalue weighted by Gasteiger charge is 2.18. The van der Waals surface area contributed by atoms with Gasteiger partial charge in [0.25, 0.3) is 0 Å². The van der Waals surface area contributed by atoms with Gasteiger partial charge in [-0.3, -0.25) is 4.79 Å². The second-order valence-electron chi connectivity index (χ2n) is 4.76. The summed E-state index contributed by atoms with van der Waals surface area (Å²) in [4.78, 5) is 11.8. The highest BCUT2D eigenvalue weighted by molar-refractivity contribution is 7.88. The minimum atomic E-state index is -3.43. The lowest BCUT2D eigenvalue weighted by Gasteiger charge is -2.17. The van der Waals surface area contributed by atoms with Gasteiger partial charge >= 0.3 is 0 Å². The number of methoxy groups -OCH3 is 1. The van der Waals surface area contributed by atoms with Gasteiger partial charge in [0.1, 0.15) is 5.75 Å². The molecule has 0 aromatic heterocycles. The number of ether oxygens (including phenoxy) is 1. The molecule has 0 saturated heterocycles. The topological polar surface area (TPSA) is 75.7 Å². The fourth-order valence-electron chi connectivity index (χ4n) is 1.92. The summed E-state index contributed by atoms with van der Waals surface area (Å²) in [6, 6.07) is 7.55. The number of rotatable bonds is 9. The number of carbonyl (C=O) groups is 1. The van der Waals surface area contributed by atoms with Crippen molar-refractivity contribution in [2.45, 2.75) is 6.42 Å². The van der Waals surface area contributed by atoms with Crippen LogP contribution in [0, 0.1) is 0 Å². The Balaban J connectivity index is 2.50. The van der Waals surface area contributed by atoms with Crippen molar-refractivity contribution in [3.63, 3.8) is 0 Å². The van der Waals surface area contributed by atoms with Gasteiger partial charge in [-0.25, -0.2) is 8.42 Å². The van der Waals surface area contributed by atoms with E-state index < -0.39 is 10.0 Å². The van der Waals surface area contributed by atoms with Gasteiger partial charge in [-0.1, -0.05) is 24.3 Å². The first-order valence-corrected chi connectivity index (χ1v) is 8.68. The van der Waals surface area contributed by atoms with Crippen molar-refractivity contribution in [2.24, 2.45) is 0 Å². The minimum Gasteiger partial charge on any atom is -0.496 e. The molecule has 7 heteroatoms. The first kappa shape index (κ1) is 18.2. The van der Waals surface area contributed by atoms with Crippen LogP contribution in [0.1, 0.15) is 5.56 Å². The van der Waals surface area contributed by atoms with E-state index in [-0.39, 0.29) is 19.0 Å². The van der Waals surface area contributed by atoms with E-state index in [0.717, 1.165) is 21.9 Å². The molecule has 1 N–H and O–H groups in total. The van der Waals surface area contributed by atoms with E-state index in [1.807, 2.05) is 24.3 Å². The van der Waals surface area contributed by atoms with Crippen LogP contribution in [-0.2, 0) is 21.2 Å². The van der Waals surface area contributed by atoms with Gasteiger partial charge in [0, 0.05) is 13.1 Å². The summed E-state index contributed by atoms with van der Waals surface area (Å²) in [6.45, 7) is 3.80. The maximum Gasteiger partial charge on any atom is 0.235 e. The summed E-state index contributed by atoms with van der Waals surface area (Å²) in [5.41, 5.74) is 0.983. The van der Waals surface area contributed by atoms with E-state index >= 15 is 0 Å². The van der Waals surface area contributed by atoms with Gasteiger partial charge in [0.2, 0.25) is 15.9 Å². The van der Waals surface area contributed by atoms with Crippen LogP contribution in [0.25, 0.3) is 0 Å². The average molecular weight is 326 g/mol. The molecule has 0 saturated carbocycles. The van der Waals surface area contributed by atoms with Gasteiger partial charge in [-0.05, 0) is 18.1 Å². The van der Waals surface area contributed by atoms with Crippen molar-refractivity contribution in [3.8, 4) is 5.75 Å². The quantitative estimate of drug-likeness (QED) is 0.681. The van der Waals surface area contributed by atoms with Crippen molar-refractivity contribution in [1.82, 2.24) is 9.62 Å². The molecule has 0 aliphatic heterocycles. The average Bonchev–Trinajstić information content (AvgIpc) is 2.46. The third-order valence-corrected chi connectivity index (χ3v) is 4.25. The van der Waals surface area contributed by atoms with Gasteiger partial charge in [-0.2, -0.15) is 4.31 Å². The SMILES string of the molecule is C=CCN(CC(=O)NCCc1ccccc1OC)S(C)(=O)=O. The van der Waals surface area contributed by atoms with E-state index in [2.05, 4.69) is 11.9 Å². The van der Waals surface area contributed by atoms with Crippen LogP contribution in [-0.4, -0.2) is 51.6 Å². The summed E-state index contributed by atoms with van der Waals surface area (Å²) >= 11 is 0. The molecule has 0 aliphatic carbocycles. The molecule has 0 radical (unpaired) electrons. The Hall–Kier alpha value is -1.86. The van der Waals surface area contributed by atoms with Gasteiger partial charge in [0.05, 0.1) is 19.9 Å². The lowest BCUT2D eigenvalue weighted by molar-refractivity contribution is -0.121. The number of benzene rings is 1. The Kier molecular flexibility index (Phi) is 7.07. The van der Waals surface area contributed by atoms with Crippen LogP contribution in [0.15, 0.2) is 36.9 Å². The lowest BCUT2D eigenvalue weighted by Crippen LogP contribution is -2.40. The third-order valence-electron chi connectivity index (χ3n) is 3.03. The Morgan fingerprint density at radius 3 is 2.68 bits per heavy atom. The number of nitrogens with one attached hydrogen (secondary N) is 1. The van der Waals surface area contributed by atoms with Crippen LogP contribution >= 0.6 is 0 Å². The molecule has 0 fully saturated rings. The van der Waals surface area contributed by atoms with Gasteiger partial charge < -0.3 is 10.1 Å². The summed E-state index contributed by atoms with van der Waals surface area (Å²) in [5, 5.41) is 2.71. The highest BCUT2D eigenvalue weighted by Crippen LogP contribution is 2.17. The van der Waals surface area contributed by atoms with E-state index in [0.29, 0.717) is 13.0 Å². The first-order valence-electron chi connectivity index (χ1n) is 6.83. The Morgan fingerprint density at radius 2 is 2.09 bits per heavy atom. The Morgan fingerprint density at radius 1 is 1.41 bits per heavy atom. The van der Waals surface area contributed by atoms with E-state index in [1.54, 1.807) is 7.11 Å². The summed E-state index contributed by atoms with van der Waals surface area (Å²) in [6.07, 6.45) is 3.12. The molecule has 0 bridgehead atoms. The normalized spacial score (nSPS) is 11.2. The summed E-state index contributed by atoms with van der Waals surface area (Å²) in [5.74, 6) is 0.420. The Labute approximate surface area is 131 Å². The van der Waals surface area contributed by atoms with Crippen LogP contribution < -0.4 is 10.1 Å². The van der Waals surface area contributed by atoms with Crippen molar-refractivity contribution in [3.05, 3.63) is 42.5 Å². The predicted octanol–water partition coefficient (Wildman–Crippen LogP) is 0.801. The number of sulfonamides is 1.